The number of carbonyl (C=O) groups is 1. The second-order valence-corrected chi connectivity index (χ2v) is 6.41. The highest BCUT2D eigenvalue weighted by molar-refractivity contribution is 7.99. The average molecular weight is 332 g/mol. The number of aromatic nitrogens is 3. The zero-order chi connectivity index (χ0) is 16.7. The van der Waals surface area contributed by atoms with E-state index in [9.17, 15) is 4.79 Å². The Morgan fingerprint density at radius 2 is 2.00 bits per heavy atom. The van der Waals surface area contributed by atoms with Crippen LogP contribution in [-0.4, -0.2) is 32.5 Å². The van der Waals surface area contributed by atoms with Gasteiger partial charge >= 0.3 is 0 Å². The lowest BCUT2D eigenvalue weighted by Gasteiger charge is -2.11. The molecule has 23 heavy (non-hydrogen) atoms. The SMILES string of the molecule is CCC(C)NC(=O)CSc1nnc(Cc2ccccc2)n1CC. The first kappa shape index (κ1) is 17.5. The van der Waals surface area contributed by atoms with Crippen molar-refractivity contribution < 1.29 is 4.79 Å². The van der Waals surface area contributed by atoms with Crippen LogP contribution in [0.15, 0.2) is 35.5 Å². The van der Waals surface area contributed by atoms with Gasteiger partial charge in [-0.15, -0.1) is 10.2 Å². The standard InChI is InChI=1S/C17H24N4OS/c1-4-13(3)18-16(22)12-23-17-20-19-15(21(17)5-2)11-14-9-7-6-8-10-14/h6-10,13H,4-5,11-12H2,1-3H3,(H,18,22). The van der Waals surface area contributed by atoms with Gasteiger partial charge in [0.15, 0.2) is 5.16 Å². The molecule has 0 spiro atoms. The van der Waals surface area contributed by atoms with Crippen molar-refractivity contribution >= 4 is 17.7 Å². The Labute approximate surface area is 141 Å². The zero-order valence-corrected chi connectivity index (χ0v) is 14.8. The van der Waals surface area contributed by atoms with Crippen molar-refractivity contribution in [1.82, 2.24) is 20.1 Å². The van der Waals surface area contributed by atoms with Gasteiger partial charge in [0, 0.05) is 19.0 Å². The fourth-order valence-corrected chi connectivity index (χ4v) is 3.03. The van der Waals surface area contributed by atoms with E-state index in [1.807, 2.05) is 25.1 Å². The predicted octanol–water partition coefficient (Wildman–Crippen LogP) is 2.90. The van der Waals surface area contributed by atoms with Crippen LogP contribution >= 0.6 is 11.8 Å². The average Bonchev–Trinajstić information content (AvgIpc) is 2.95. The number of rotatable bonds is 8. The van der Waals surface area contributed by atoms with Crippen molar-refractivity contribution in [3.8, 4) is 0 Å². The van der Waals surface area contributed by atoms with Crippen LogP contribution in [-0.2, 0) is 17.8 Å². The van der Waals surface area contributed by atoms with Crippen LogP contribution in [0.25, 0.3) is 0 Å². The summed E-state index contributed by atoms with van der Waals surface area (Å²) in [5, 5.41) is 12.3. The Balaban J connectivity index is 1.99. The van der Waals surface area contributed by atoms with Crippen molar-refractivity contribution in [3.63, 3.8) is 0 Å². The van der Waals surface area contributed by atoms with Gasteiger partial charge < -0.3 is 9.88 Å². The molecule has 0 radical (unpaired) electrons. The van der Waals surface area contributed by atoms with Crippen LogP contribution in [0.5, 0.6) is 0 Å². The van der Waals surface area contributed by atoms with Crippen LogP contribution < -0.4 is 5.32 Å². The van der Waals surface area contributed by atoms with Crippen LogP contribution in [0.3, 0.4) is 0 Å². The van der Waals surface area contributed by atoms with Crippen molar-refractivity contribution in [2.24, 2.45) is 0 Å². The Hall–Kier alpha value is -1.82. The summed E-state index contributed by atoms with van der Waals surface area (Å²) < 4.78 is 2.08. The lowest BCUT2D eigenvalue weighted by molar-refractivity contribution is -0.119. The van der Waals surface area contributed by atoms with Crippen LogP contribution in [0.1, 0.15) is 38.6 Å². The zero-order valence-electron chi connectivity index (χ0n) is 14.0. The molecule has 2 aromatic rings. The van der Waals surface area contributed by atoms with Gasteiger partial charge in [-0.25, -0.2) is 0 Å². The quantitative estimate of drug-likeness (QED) is 0.755. The first-order valence-electron chi connectivity index (χ1n) is 8.02. The third kappa shape index (κ3) is 5.10. The van der Waals surface area contributed by atoms with E-state index in [2.05, 4.69) is 46.1 Å². The molecule has 0 fully saturated rings. The van der Waals surface area contributed by atoms with Gasteiger partial charge in [0.25, 0.3) is 0 Å². The van der Waals surface area contributed by atoms with Crippen LogP contribution in [0.4, 0.5) is 0 Å². The Kier molecular flexibility index (Phi) is 6.65. The number of benzene rings is 1. The van der Waals surface area contributed by atoms with Crippen molar-refractivity contribution in [3.05, 3.63) is 41.7 Å². The topological polar surface area (TPSA) is 59.8 Å². The highest BCUT2D eigenvalue weighted by Crippen LogP contribution is 2.18. The molecule has 0 saturated carbocycles. The lowest BCUT2D eigenvalue weighted by Crippen LogP contribution is -2.33. The number of hydrogen-bond donors (Lipinski definition) is 1. The fraction of sp³-hybridized carbons (Fsp3) is 0.471. The van der Waals surface area contributed by atoms with E-state index in [1.54, 1.807) is 0 Å². The molecular formula is C17H24N4OS. The maximum Gasteiger partial charge on any atom is 0.230 e. The van der Waals surface area contributed by atoms with Gasteiger partial charge in [-0.1, -0.05) is 49.0 Å². The van der Waals surface area contributed by atoms with Crippen LogP contribution in [0.2, 0.25) is 0 Å². The number of hydrogen-bond acceptors (Lipinski definition) is 4. The summed E-state index contributed by atoms with van der Waals surface area (Å²) in [5.41, 5.74) is 1.21. The maximum atomic E-state index is 11.9. The molecule has 0 bridgehead atoms. The molecule has 0 aliphatic rings. The highest BCUT2D eigenvalue weighted by atomic mass is 32.2. The van der Waals surface area contributed by atoms with Gasteiger partial charge in [0.05, 0.1) is 5.75 Å². The molecule has 1 atom stereocenters. The molecule has 0 aliphatic carbocycles. The van der Waals surface area contributed by atoms with E-state index in [1.165, 1.54) is 17.3 Å². The Morgan fingerprint density at radius 1 is 1.26 bits per heavy atom. The summed E-state index contributed by atoms with van der Waals surface area (Å²) in [7, 11) is 0. The van der Waals surface area contributed by atoms with E-state index < -0.39 is 0 Å². The first-order chi connectivity index (χ1) is 11.1. The molecular weight excluding hydrogens is 308 g/mol. The minimum atomic E-state index is 0.0413. The summed E-state index contributed by atoms with van der Waals surface area (Å²) in [5.74, 6) is 1.34. The van der Waals surface area contributed by atoms with Gasteiger partial charge in [-0.05, 0) is 25.8 Å². The van der Waals surface area contributed by atoms with Crippen molar-refractivity contribution in [2.75, 3.05) is 5.75 Å². The van der Waals surface area contributed by atoms with E-state index in [4.69, 9.17) is 0 Å². The molecule has 1 aromatic carbocycles. The largest absolute Gasteiger partial charge is 0.353 e. The third-order valence-corrected chi connectivity index (χ3v) is 4.63. The minimum absolute atomic E-state index is 0.0413. The number of nitrogens with one attached hydrogen (secondary N) is 1. The molecule has 1 aromatic heterocycles. The first-order valence-corrected chi connectivity index (χ1v) is 9.00. The smallest absolute Gasteiger partial charge is 0.230 e. The number of thioether (sulfide) groups is 1. The molecule has 1 heterocycles. The highest BCUT2D eigenvalue weighted by Gasteiger charge is 2.14. The summed E-state index contributed by atoms with van der Waals surface area (Å²) in [6.07, 6.45) is 1.68. The second kappa shape index (κ2) is 8.72. The van der Waals surface area contributed by atoms with Crippen molar-refractivity contribution in [1.29, 1.82) is 0 Å². The number of nitrogens with zero attached hydrogens (tertiary/aromatic N) is 3. The third-order valence-electron chi connectivity index (χ3n) is 3.67. The van der Waals surface area contributed by atoms with E-state index >= 15 is 0 Å². The number of carbonyl (C=O) groups excluding carboxylic acids is 1. The summed E-state index contributed by atoms with van der Waals surface area (Å²) >= 11 is 1.44. The van der Waals surface area contributed by atoms with Gasteiger partial charge in [0.1, 0.15) is 5.82 Å². The Bertz CT molecular complexity index is 627. The molecule has 6 heteroatoms. The van der Waals surface area contributed by atoms with Crippen molar-refractivity contribution in [2.45, 2.75) is 51.4 Å². The molecule has 0 saturated heterocycles. The van der Waals surface area contributed by atoms with Gasteiger partial charge in [-0.3, -0.25) is 4.79 Å². The second-order valence-electron chi connectivity index (χ2n) is 5.47. The lowest BCUT2D eigenvalue weighted by atomic mass is 10.1. The monoisotopic (exact) mass is 332 g/mol. The molecule has 1 amide bonds. The fourth-order valence-electron chi connectivity index (χ4n) is 2.20. The molecule has 124 valence electrons. The summed E-state index contributed by atoms with van der Waals surface area (Å²) in [4.78, 5) is 11.9. The molecule has 1 unspecified atom stereocenters. The molecule has 5 nitrogen and oxygen atoms in total. The maximum absolute atomic E-state index is 11.9. The normalized spacial score (nSPS) is 12.1. The van der Waals surface area contributed by atoms with Gasteiger partial charge in [-0.2, -0.15) is 0 Å². The summed E-state index contributed by atoms with van der Waals surface area (Å²) in [6.45, 7) is 6.93. The predicted molar refractivity (Wildman–Crippen MR) is 93.6 cm³/mol. The summed E-state index contributed by atoms with van der Waals surface area (Å²) in [6, 6.07) is 10.4. The molecule has 0 aliphatic heterocycles. The molecule has 1 N–H and O–H groups in total. The van der Waals surface area contributed by atoms with Crippen LogP contribution in [0, 0.1) is 0 Å². The van der Waals surface area contributed by atoms with E-state index in [-0.39, 0.29) is 11.9 Å². The Morgan fingerprint density at radius 3 is 2.65 bits per heavy atom. The van der Waals surface area contributed by atoms with E-state index in [0.717, 1.165) is 30.4 Å². The van der Waals surface area contributed by atoms with E-state index in [0.29, 0.717) is 5.75 Å². The van der Waals surface area contributed by atoms with Gasteiger partial charge in [0.2, 0.25) is 5.91 Å². The minimum Gasteiger partial charge on any atom is -0.353 e. The number of amides is 1. The molecule has 2 rings (SSSR count).